The summed E-state index contributed by atoms with van der Waals surface area (Å²) in [5.74, 6) is 4.23. The van der Waals surface area contributed by atoms with Gasteiger partial charge in [0.05, 0.1) is 0 Å². The highest BCUT2D eigenvalue weighted by Crippen LogP contribution is 2.38. The van der Waals surface area contributed by atoms with Gasteiger partial charge in [0.2, 0.25) is 5.95 Å². The standard InChI is InChI=1S/C15H21N7/c1-9-7-12(18-15(16)17-9)22-6-2-3-11(8-22)14-19-13(20-21-14)10-4-5-10/h7,10-11H,2-6,8H2,1H3,(H2,16,17,18)(H,19,20,21). The molecule has 3 heterocycles. The number of nitrogens with two attached hydrogens (primary N) is 1. The summed E-state index contributed by atoms with van der Waals surface area (Å²) in [6.45, 7) is 3.82. The average molecular weight is 299 g/mol. The minimum absolute atomic E-state index is 0.339. The molecule has 1 aliphatic heterocycles. The molecule has 2 fully saturated rings. The Morgan fingerprint density at radius 2 is 2.05 bits per heavy atom. The highest BCUT2D eigenvalue weighted by molar-refractivity contribution is 5.44. The number of piperidine rings is 1. The average Bonchev–Trinajstić information content (AvgIpc) is 3.24. The van der Waals surface area contributed by atoms with Gasteiger partial charge < -0.3 is 10.6 Å². The molecule has 1 aliphatic carbocycles. The first-order valence-electron chi connectivity index (χ1n) is 7.97. The Kier molecular flexibility index (Phi) is 3.20. The minimum Gasteiger partial charge on any atom is -0.368 e. The van der Waals surface area contributed by atoms with Gasteiger partial charge in [0.25, 0.3) is 0 Å². The van der Waals surface area contributed by atoms with Gasteiger partial charge in [-0.15, -0.1) is 0 Å². The van der Waals surface area contributed by atoms with Gasteiger partial charge in [-0.05, 0) is 32.6 Å². The molecule has 1 atom stereocenters. The van der Waals surface area contributed by atoms with Crippen LogP contribution < -0.4 is 10.6 Å². The number of aromatic nitrogens is 5. The van der Waals surface area contributed by atoms with E-state index in [9.17, 15) is 0 Å². The van der Waals surface area contributed by atoms with Crippen molar-refractivity contribution in [1.29, 1.82) is 0 Å². The number of anilines is 2. The topological polar surface area (TPSA) is 96.6 Å². The zero-order valence-electron chi connectivity index (χ0n) is 12.8. The van der Waals surface area contributed by atoms with Gasteiger partial charge in [0.1, 0.15) is 11.6 Å². The monoisotopic (exact) mass is 299 g/mol. The van der Waals surface area contributed by atoms with E-state index in [2.05, 4.69) is 25.1 Å². The molecule has 116 valence electrons. The van der Waals surface area contributed by atoms with Crippen LogP contribution in [-0.4, -0.2) is 38.2 Å². The smallest absolute Gasteiger partial charge is 0.222 e. The predicted octanol–water partition coefficient (Wildman–Crippen LogP) is 1.75. The number of H-pyrrole nitrogens is 1. The van der Waals surface area contributed by atoms with E-state index >= 15 is 0 Å². The summed E-state index contributed by atoms with van der Waals surface area (Å²) in [6.07, 6.45) is 4.72. The number of nitrogens with one attached hydrogen (secondary N) is 1. The molecule has 3 N–H and O–H groups in total. The van der Waals surface area contributed by atoms with Crippen molar-refractivity contribution in [3.05, 3.63) is 23.4 Å². The maximum atomic E-state index is 5.78. The van der Waals surface area contributed by atoms with Crippen molar-refractivity contribution in [1.82, 2.24) is 25.1 Å². The fourth-order valence-electron chi connectivity index (χ4n) is 3.14. The highest BCUT2D eigenvalue weighted by atomic mass is 15.3. The summed E-state index contributed by atoms with van der Waals surface area (Å²) in [4.78, 5) is 15.5. The maximum Gasteiger partial charge on any atom is 0.222 e. The van der Waals surface area contributed by atoms with Crippen molar-refractivity contribution in [2.45, 2.75) is 44.4 Å². The van der Waals surface area contributed by atoms with Crippen LogP contribution in [0.4, 0.5) is 11.8 Å². The largest absolute Gasteiger partial charge is 0.368 e. The van der Waals surface area contributed by atoms with Gasteiger partial charge in [-0.2, -0.15) is 10.1 Å². The molecule has 0 aromatic carbocycles. The lowest BCUT2D eigenvalue weighted by Crippen LogP contribution is -2.35. The van der Waals surface area contributed by atoms with E-state index in [1.54, 1.807) is 0 Å². The fourth-order valence-corrected chi connectivity index (χ4v) is 3.14. The first-order valence-corrected chi connectivity index (χ1v) is 7.97. The first-order chi connectivity index (χ1) is 10.7. The number of hydrogen-bond donors (Lipinski definition) is 2. The quantitative estimate of drug-likeness (QED) is 0.896. The Morgan fingerprint density at radius 1 is 1.18 bits per heavy atom. The molecule has 7 nitrogen and oxygen atoms in total. The van der Waals surface area contributed by atoms with Crippen LogP contribution in [0.15, 0.2) is 6.07 Å². The summed E-state index contributed by atoms with van der Waals surface area (Å²) >= 11 is 0. The summed E-state index contributed by atoms with van der Waals surface area (Å²) in [6, 6.07) is 1.99. The van der Waals surface area contributed by atoms with E-state index in [4.69, 9.17) is 10.7 Å². The Hall–Kier alpha value is -2.18. The minimum atomic E-state index is 0.339. The number of nitrogen functional groups attached to an aromatic ring is 1. The summed E-state index contributed by atoms with van der Waals surface area (Å²) in [5.41, 5.74) is 6.68. The van der Waals surface area contributed by atoms with Crippen LogP contribution in [0.2, 0.25) is 0 Å². The third-order valence-corrected chi connectivity index (χ3v) is 4.45. The summed E-state index contributed by atoms with van der Waals surface area (Å²) in [5, 5.41) is 7.56. The van der Waals surface area contributed by atoms with E-state index in [-0.39, 0.29) is 0 Å². The van der Waals surface area contributed by atoms with E-state index in [0.717, 1.165) is 49.1 Å². The lowest BCUT2D eigenvalue weighted by molar-refractivity contribution is 0.489. The molecule has 1 unspecified atom stereocenters. The van der Waals surface area contributed by atoms with Gasteiger partial charge in [-0.3, -0.25) is 5.10 Å². The van der Waals surface area contributed by atoms with Crippen LogP contribution in [-0.2, 0) is 0 Å². The molecule has 2 aromatic rings. The maximum absolute atomic E-state index is 5.78. The van der Waals surface area contributed by atoms with Crippen molar-refractivity contribution in [3.8, 4) is 0 Å². The molecule has 22 heavy (non-hydrogen) atoms. The molecule has 2 aliphatic rings. The molecular weight excluding hydrogens is 278 g/mol. The molecule has 0 amide bonds. The molecule has 2 aromatic heterocycles. The Morgan fingerprint density at radius 3 is 2.82 bits per heavy atom. The molecule has 0 spiro atoms. The second-order valence-corrected chi connectivity index (χ2v) is 6.36. The molecule has 4 rings (SSSR count). The van der Waals surface area contributed by atoms with Crippen molar-refractivity contribution < 1.29 is 0 Å². The lowest BCUT2D eigenvalue weighted by atomic mass is 9.97. The second-order valence-electron chi connectivity index (χ2n) is 6.36. The van der Waals surface area contributed by atoms with E-state index in [1.165, 1.54) is 12.8 Å². The number of rotatable bonds is 3. The number of hydrogen-bond acceptors (Lipinski definition) is 6. The SMILES string of the molecule is Cc1cc(N2CCCC(c3n[nH]c(C4CC4)n3)C2)nc(N)n1. The van der Waals surface area contributed by atoms with E-state index < -0.39 is 0 Å². The van der Waals surface area contributed by atoms with E-state index in [1.807, 2.05) is 13.0 Å². The summed E-state index contributed by atoms with van der Waals surface area (Å²) < 4.78 is 0. The normalized spacial score (nSPS) is 22.0. The molecular formula is C15H21N7. The zero-order chi connectivity index (χ0) is 15.1. The first kappa shape index (κ1) is 13.5. The molecule has 1 saturated carbocycles. The number of nitrogens with zero attached hydrogens (tertiary/aromatic N) is 5. The fraction of sp³-hybridized carbons (Fsp3) is 0.600. The predicted molar refractivity (Wildman–Crippen MR) is 83.7 cm³/mol. The Balaban J connectivity index is 1.53. The van der Waals surface area contributed by atoms with Gasteiger partial charge in [-0.25, -0.2) is 9.97 Å². The van der Waals surface area contributed by atoms with Crippen LogP contribution in [0.25, 0.3) is 0 Å². The van der Waals surface area contributed by atoms with Gasteiger partial charge in [-0.1, -0.05) is 0 Å². The molecule has 1 saturated heterocycles. The Labute approximate surface area is 129 Å². The summed E-state index contributed by atoms with van der Waals surface area (Å²) in [7, 11) is 0. The van der Waals surface area contributed by atoms with Gasteiger partial charge in [0, 0.05) is 36.7 Å². The van der Waals surface area contributed by atoms with Crippen molar-refractivity contribution >= 4 is 11.8 Å². The van der Waals surface area contributed by atoms with Gasteiger partial charge in [0.15, 0.2) is 5.82 Å². The Bertz CT molecular complexity index is 656. The third-order valence-electron chi connectivity index (χ3n) is 4.45. The zero-order valence-corrected chi connectivity index (χ0v) is 12.8. The molecule has 0 bridgehead atoms. The van der Waals surface area contributed by atoms with Crippen molar-refractivity contribution in [2.24, 2.45) is 0 Å². The van der Waals surface area contributed by atoms with Crippen LogP contribution in [0.5, 0.6) is 0 Å². The van der Waals surface area contributed by atoms with Crippen LogP contribution >= 0.6 is 0 Å². The van der Waals surface area contributed by atoms with Gasteiger partial charge >= 0.3 is 0 Å². The highest BCUT2D eigenvalue weighted by Gasteiger charge is 2.30. The van der Waals surface area contributed by atoms with Crippen LogP contribution in [0, 0.1) is 6.92 Å². The number of aryl methyl sites for hydroxylation is 1. The van der Waals surface area contributed by atoms with E-state index in [0.29, 0.717) is 17.8 Å². The van der Waals surface area contributed by atoms with Crippen molar-refractivity contribution in [2.75, 3.05) is 23.7 Å². The molecule has 0 radical (unpaired) electrons. The lowest BCUT2D eigenvalue weighted by Gasteiger charge is -2.32. The van der Waals surface area contributed by atoms with Crippen LogP contribution in [0.3, 0.4) is 0 Å². The van der Waals surface area contributed by atoms with Crippen LogP contribution in [0.1, 0.15) is 54.9 Å². The third kappa shape index (κ3) is 2.63. The molecule has 7 heteroatoms. The van der Waals surface area contributed by atoms with Crippen molar-refractivity contribution in [3.63, 3.8) is 0 Å². The second kappa shape index (κ2) is 5.23. The number of aromatic amines is 1.